The number of aryl methyl sites for hydroxylation is 2. The fraction of sp³-hybridized carbons (Fsp3) is 0.600. The first-order valence-corrected chi connectivity index (χ1v) is 7.68. The van der Waals surface area contributed by atoms with E-state index in [0.29, 0.717) is 0 Å². The summed E-state index contributed by atoms with van der Waals surface area (Å²) in [5, 5.41) is 1.08. The van der Waals surface area contributed by atoms with E-state index in [9.17, 15) is 0 Å². The third kappa shape index (κ3) is 3.56. The lowest BCUT2D eigenvalue weighted by molar-refractivity contribution is 0.128. The molecule has 1 aromatic carbocycles. The van der Waals surface area contributed by atoms with E-state index < -0.39 is 0 Å². The summed E-state index contributed by atoms with van der Waals surface area (Å²) >= 11 is 3.57. The second-order valence-electron chi connectivity index (χ2n) is 5.24. The summed E-state index contributed by atoms with van der Waals surface area (Å²) in [5.74, 6) is 0. The van der Waals surface area contributed by atoms with E-state index in [0.717, 1.165) is 24.5 Å². The van der Waals surface area contributed by atoms with Gasteiger partial charge in [0, 0.05) is 24.5 Å². The number of benzene rings is 1. The zero-order chi connectivity index (χ0) is 12.3. The van der Waals surface area contributed by atoms with Crippen molar-refractivity contribution < 1.29 is 0 Å². The minimum atomic E-state index is 0.827. The fourth-order valence-corrected chi connectivity index (χ4v) is 3.10. The van der Waals surface area contributed by atoms with Gasteiger partial charge in [0.25, 0.3) is 0 Å². The highest BCUT2D eigenvalue weighted by molar-refractivity contribution is 9.09. The molecule has 1 saturated carbocycles. The molecule has 1 aliphatic rings. The van der Waals surface area contributed by atoms with Gasteiger partial charge in [0.15, 0.2) is 0 Å². The molecule has 2 rings (SSSR count). The smallest absolute Gasteiger partial charge is 0.0237 e. The maximum absolute atomic E-state index is 3.57. The van der Waals surface area contributed by atoms with Crippen LogP contribution in [0.25, 0.3) is 0 Å². The molecule has 1 fully saturated rings. The van der Waals surface area contributed by atoms with E-state index in [-0.39, 0.29) is 0 Å². The summed E-state index contributed by atoms with van der Waals surface area (Å²) in [6.45, 7) is 6.65. The van der Waals surface area contributed by atoms with Crippen LogP contribution in [0.1, 0.15) is 36.0 Å². The SMILES string of the molecule is Cc1cc(C)cc(CN(CCBr)C2CCC2)c1. The van der Waals surface area contributed by atoms with Crippen LogP contribution in [0, 0.1) is 13.8 Å². The van der Waals surface area contributed by atoms with Crippen LogP contribution in [0.3, 0.4) is 0 Å². The summed E-state index contributed by atoms with van der Waals surface area (Å²) in [6, 6.07) is 7.73. The summed E-state index contributed by atoms with van der Waals surface area (Å²) in [7, 11) is 0. The zero-order valence-corrected chi connectivity index (χ0v) is 12.5. The van der Waals surface area contributed by atoms with Crippen molar-refractivity contribution in [2.75, 3.05) is 11.9 Å². The lowest BCUT2D eigenvalue weighted by Gasteiger charge is -2.37. The summed E-state index contributed by atoms with van der Waals surface area (Å²) in [4.78, 5) is 2.63. The number of nitrogens with zero attached hydrogens (tertiary/aromatic N) is 1. The first-order chi connectivity index (χ1) is 8.19. The van der Waals surface area contributed by atoms with Crippen LogP contribution in [-0.2, 0) is 6.54 Å². The van der Waals surface area contributed by atoms with Crippen molar-refractivity contribution >= 4 is 15.9 Å². The minimum absolute atomic E-state index is 0.827. The second kappa shape index (κ2) is 6.01. The molecule has 2 heteroatoms. The predicted molar refractivity (Wildman–Crippen MR) is 77.8 cm³/mol. The Bertz CT molecular complexity index is 351. The van der Waals surface area contributed by atoms with Crippen LogP contribution >= 0.6 is 15.9 Å². The number of alkyl halides is 1. The summed E-state index contributed by atoms with van der Waals surface area (Å²) in [5.41, 5.74) is 4.23. The molecule has 0 unspecified atom stereocenters. The van der Waals surface area contributed by atoms with Crippen molar-refractivity contribution in [3.63, 3.8) is 0 Å². The van der Waals surface area contributed by atoms with Crippen LogP contribution in [-0.4, -0.2) is 22.8 Å². The van der Waals surface area contributed by atoms with Crippen LogP contribution in [0.5, 0.6) is 0 Å². The molecule has 0 spiro atoms. The Hall–Kier alpha value is -0.340. The lowest BCUT2D eigenvalue weighted by atomic mass is 9.91. The highest BCUT2D eigenvalue weighted by Crippen LogP contribution is 2.26. The number of rotatable bonds is 5. The molecule has 0 bridgehead atoms. The van der Waals surface area contributed by atoms with Gasteiger partial charge < -0.3 is 0 Å². The average Bonchev–Trinajstić information content (AvgIpc) is 2.13. The van der Waals surface area contributed by atoms with E-state index in [1.807, 2.05) is 0 Å². The Balaban J connectivity index is 2.05. The Morgan fingerprint density at radius 2 is 1.82 bits per heavy atom. The van der Waals surface area contributed by atoms with E-state index in [1.165, 1.54) is 36.0 Å². The number of halogens is 1. The van der Waals surface area contributed by atoms with Gasteiger partial charge in [-0.2, -0.15) is 0 Å². The Kier molecular flexibility index (Phi) is 4.63. The summed E-state index contributed by atoms with van der Waals surface area (Å²) in [6.07, 6.45) is 4.19. The molecular formula is C15H22BrN. The quantitative estimate of drug-likeness (QED) is 0.741. The standard InChI is InChI=1S/C15H22BrN/c1-12-8-13(2)10-14(9-12)11-17(7-6-16)15-4-3-5-15/h8-10,15H,3-7,11H2,1-2H3. The lowest BCUT2D eigenvalue weighted by Crippen LogP contribution is -2.40. The molecule has 0 radical (unpaired) electrons. The first-order valence-electron chi connectivity index (χ1n) is 6.56. The van der Waals surface area contributed by atoms with Gasteiger partial charge in [-0.05, 0) is 32.3 Å². The maximum atomic E-state index is 3.57. The molecule has 1 aromatic rings. The Labute approximate surface area is 113 Å². The zero-order valence-electron chi connectivity index (χ0n) is 10.9. The summed E-state index contributed by atoms with van der Waals surface area (Å²) < 4.78 is 0. The fourth-order valence-electron chi connectivity index (χ4n) is 2.65. The van der Waals surface area contributed by atoms with Crippen LogP contribution in [0.15, 0.2) is 18.2 Å². The van der Waals surface area contributed by atoms with Crippen molar-refractivity contribution in [1.82, 2.24) is 4.90 Å². The van der Waals surface area contributed by atoms with E-state index in [1.54, 1.807) is 0 Å². The third-order valence-corrected chi connectivity index (χ3v) is 3.98. The minimum Gasteiger partial charge on any atom is -0.295 e. The third-order valence-electron chi connectivity index (χ3n) is 3.63. The van der Waals surface area contributed by atoms with Gasteiger partial charge in [0.2, 0.25) is 0 Å². The maximum Gasteiger partial charge on any atom is 0.0237 e. The molecule has 0 heterocycles. The van der Waals surface area contributed by atoms with Gasteiger partial charge in [-0.25, -0.2) is 0 Å². The molecule has 1 aliphatic carbocycles. The van der Waals surface area contributed by atoms with E-state index in [2.05, 4.69) is 52.9 Å². The largest absolute Gasteiger partial charge is 0.295 e. The van der Waals surface area contributed by atoms with Crippen molar-refractivity contribution in [1.29, 1.82) is 0 Å². The van der Waals surface area contributed by atoms with Crippen molar-refractivity contribution in [2.45, 2.75) is 45.7 Å². The first kappa shape index (κ1) is 13.1. The van der Waals surface area contributed by atoms with Gasteiger partial charge in [-0.1, -0.05) is 51.7 Å². The van der Waals surface area contributed by atoms with Crippen LogP contribution < -0.4 is 0 Å². The molecule has 17 heavy (non-hydrogen) atoms. The molecule has 0 N–H and O–H groups in total. The van der Waals surface area contributed by atoms with Gasteiger partial charge >= 0.3 is 0 Å². The molecule has 0 saturated heterocycles. The van der Waals surface area contributed by atoms with Gasteiger partial charge in [-0.3, -0.25) is 4.90 Å². The highest BCUT2D eigenvalue weighted by atomic mass is 79.9. The predicted octanol–water partition coefficient (Wildman–Crippen LogP) is 4.05. The molecule has 0 amide bonds. The highest BCUT2D eigenvalue weighted by Gasteiger charge is 2.24. The molecule has 0 aliphatic heterocycles. The van der Waals surface area contributed by atoms with Gasteiger partial charge in [-0.15, -0.1) is 0 Å². The molecule has 94 valence electrons. The average molecular weight is 296 g/mol. The number of hydrogen-bond acceptors (Lipinski definition) is 1. The monoisotopic (exact) mass is 295 g/mol. The van der Waals surface area contributed by atoms with E-state index >= 15 is 0 Å². The van der Waals surface area contributed by atoms with Gasteiger partial charge in [0.1, 0.15) is 0 Å². The van der Waals surface area contributed by atoms with Crippen molar-refractivity contribution in [3.8, 4) is 0 Å². The molecular weight excluding hydrogens is 274 g/mol. The van der Waals surface area contributed by atoms with Crippen LogP contribution in [0.4, 0.5) is 0 Å². The van der Waals surface area contributed by atoms with Crippen molar-refractivity contribution in [2.24, 2.45) is 0 Å². The normalized spacial score (nSPS) is 16.2. The number of hydrogen-bond donors (Lipinski definition) is 0. The molecule has 1 nitrogen and oxygen atoms in total. The van der Waals surface area contributed by atoms with Gasteiger partial charge in [0.05, 0.1) is 0 Å². The van der Waals surface area contributed by atoms with Crippen LogP contribution in [0.2, 0.25) is 0 Å². The van der Waals surface area contributed by atoms with E-state index in [4.69, 9.17) is 0 Å². The van der Waals surface area contributed by atoms with Crippen molar-refractivity contribution in [3.05, 3.63) is 34.9 Å². The topological polar surface area (TPSA) is 3.24 Å². The Morgan fingerprint density at radius 1 is 1.18 bits per heavy atom. The Morgan fingerprint density at radius 3 is 2.29 bits per heavy atom. The molecule has 0 atom stereocenters. The molecule has 0 aromatic heterocycles. The second-order valence-corrected chi connectivity index (χ2v) is 6.03.